The second kappa shape index (κ2) is 8.98. The van der Waals surface area contributed by atoms with Gasteiger partial charge in [0.1, 0.15) is 0 Å². The number of aryl methyl sites for hydroxylation is 2. The largest absolute Gasteiger partial charge is 0.224 e. The van der Waals surface area contributed by atoms with E-state index >= 15 is 0 Å². The van der Waals surface area contributed by atoms with Gasteiger partial charge >= 0.3 is 0 Å². The summed E-state index contributed by atoms with van der Waals surface area (Å²) in [5.41, 5.74) is 3.75. The summed E-state index contributed by atoms with van der Waals surface area (Å²) in [5, 5.41) is 0. The summed E-state index contributed by atoms with van der Waals surface area (Å²) in [5.74, 6) is 0. The first-order valence-corrected chi connectivity index (χ1v) is 12.8. The Morgan fingerprint density at radius 1 is 0.485 bits per heavy atom. The van der Waals surface area contributed by atoms with Crippen molar-refractivity contribution in [1.82, 2.24) is 0 Å². The highest BCUT2D eigenvalue weighted by Gasteiger charge is 2.58. The van der Waals surface area contributed by atoms with Crippen LogP contribution in [0.15, 0.2) is 109 Å². The zero-order valence-electron chi connectivity index (χ0n) is 18.4. The molecule has 0 fully saturated rings. The molecule has 0 aliphatic heterocycles. The van der Waals surface area contributed by atoms with E-state index in [9.17, 15) is 8.42 Å². The van der Waals surface area contributed by atoms with Crippen LogP contribution in [-0.4, -0.2) is 8.42 Å². The van der Waals surface area contributed by atoms with Crippen LogP contribution in [0.1, 0.15) is 33.4 Å². The van der Waals surface area contributed by atoms with Gasteiger partial charge in [-0.3, -0.25) is 0 Å². The maximum absolute atomic E-state index is 14.8. The number of rotatable bonds is 6. The predicted molar refractivity (Wildman–Crippen MR) is 137 cm³/mol. The maximum Gasteiger partial charge on any atom is 0.206 e. The minimum absolute atomic E-state index is 0.434. The highest BCUT2D eigenvalue weighted by Crippen LogP contribution is 2.54. The molecule has 0 aromatic heterocycles. The van der Waals surface area contributed by atoms with E-state index in [0.29, 0.717) is 22.3 Å². The van der Waals surface area contributed by atoms with E-state index in [0.717, 1.165) is 11.1 Å². The molecule has 0 aliphatic rings. The Morgan fingerprint density at radius 2 is 0.758 bits per heavy atom. The van der Waals surface area contributed by atoms with Crippen LogP contribution in [0.5, 0.6) is 0 Å². The number of halogens is 2. The van der Waals surface area contributed by atoms with Crippen LogP contribution in [0.2, 0.25) is 0 Å². The molecule has 33 heavy (non-hydrogen) atoms. The third-order valence-electron chi connectivity index (χ3n) is 5.88. The Hall–Kier alpha value is -2.59. The molecular weight excluding hydrogens is 471 g/mol. The van der Waals surface area contributed by atoms with E-state index in [1.807, 2.05) is 50.2 Å². The first-order valence-electron chi connectivity index (χ1n) is 10.6. The molecule has 0 saturated carbocycles. The lowest BCUT2D eigenvalue weighted by Gasteiger charge is -2.38. The van der Waals surface area contributed by atoms with Gasteiger partial charge < -0.3 is 0 Å². The average molecular weight is 495 g/mol. The minimum atomic E-state index is -4.37. The monoisotopic (exact) mass is 494 g/mol. The molecule has 2 nitrogen and oxygen atoms in total. The summed E-state index contributed by atoms with van der Waals surface area (Å²) in [6.45, 7) is 3.89. The molecule has 2 atom stereocenters. The van der Waals surface area contributed by atoms with Gasteiger partial charge in [-0.2, -0.15) is 0 Å². The van der Waals surface area contributed by atoms with Gasteiger partial charge in [0.25, 0.3) is 0 Å². The standard InChI is InChI=1S/C28H24Cl2O2S/c1-21-13-17-25(18-14-21)27(29,23-9-5-3-6-10-23)33(31,32)28(30,24-11-7-4-8-12-24)26-19-15-22(2)16-20-26/h3-20H,1-2H3. The van der Waals surface area contributed by atoms with Gasteiger partial charge in [-0.25, -0.2) is 8.42 Å². The third kappa shape index (κ3) is 3.89. The van der Waals surface area contributed by atoms with Gasteiger partial charge in [-0.15, -0.1) is 0 Å². The zero-order chi connectivity index (χ0) is 23.7. The molecule has 0 bridgehead atoms. The predicted octanol–water partition coefficient (Wildman–Crippen LogP) is 7.30. The van der Waals surface area contributed by atoms with Gasteiger partial charge in [-0.05, 0) is 36.1 Å². The van der Waals surface area contributed by atoms with Crippen molar-refractivity contribution in [2.24, 2.45) is 0 Å². The van der Waals surface area contributed by atoms with Gasteiger partial charge in [0, 0.05) is 0 Å². The van der Waals surface area contributed by atoms with Gasteiger partial charge in [0.15, 0.2) is 8.41 Å². The quantitative estimate of drug-likeness (QED) is 0.263. The number of alkyl halides is 2. The summed E-state index contributed by atoms with van der Waals surface area (Å²) in [7, 11) is -4.37. The lowest BCUT2D eigenvalue weighted by Crippen LogP contribution is -2.44. The normalized spacial score (nSPS) is 15.4. The van der Waals surface area contributed by atoms with Gasteiger partial charge in [0.2, 0.25) is 9.84 Å². The molecule has 0 saturated heterocycles. The fraction of sp³-hybridized carbons (Fsp3) is 0.143. The van der Waals surface area contributed by atoms with Gasteiger partial charge in [-0.1, -0.05) is 144 Å². The van der Waals surface area contributed by atoms with Crippen LogP contribution in [0.4, 0.5) is 0 Å². The summed E-state index contributed by atoms with van der Waals surface area (Å²) in [6, 6.07) is 32.1. The fourth-order valence-electron chi connectivity index (χ4n) is 3.99. The van der Waals surface area contributed by atoms with Crippen molar-refractivity contribution < 1.29 is 8.42 Å². The molecule has 5 heteroatoms. The number of sulfone groups is 1. The van der Waals surface area contributed by atoms with Crippen molar-refractivity contribution in [3.05, 3.63) is 143 Å². The first kappa shape index (κ1) is 23.6. The zero-order valence-corrected chi connectivity index (χ0v) is 20.7. The Kier molecular flexibility index (Phi) is 6.41. The molecule has 4 aromatic carbocycles. The average Bonchev–Trinajstić information content (AvgIpc) is 2.85. The van der Waals surface area contributed by atoms with E-state index in [4.69, 9.17) is 23.2 Å². The molecular formula is C28H24Cl2O2S. The lowest BCUT2D eigenvalue weighted by atomic mass is 10.0. The summed E-state index contributed by atoms with van der Waals surface area (Å²) in [4.78, 5) is 0. The van der Waals surface area contributed by atoms with E-state index < -0.39 is 18.2 Å². The molecule has 168 valence electrons. The Bertz CT molecular complexity index is 1240. The second-order valence-corrected chi connectivity index (χ2v) is 12.0. The van der Waals surface area contributed by atoms with Crippen molar-refractivity contribution in [1.29, 1.82) is 0 Å². The van der Waals surface area contributed by atoms with Crippen molar-refractivity contribution in [3.63, 3.8) is 0 Å². The van der Waals surface area contributed by atoms with Crippen molar-refractivity contribution >= 4 is 33.0 Å². The molecule has 0 amide bonds. The number of benzene rings is 4. The third-order valence-corrected chi connectivity index (χ3v) is 10.4. The van der Waals surface area contributed by atoms with Crippen LogP contribution >= 0.6 is 23.2 Å². The highest BCUT2D eigenvalue weighted by molar-refractivity contribution is 7.96. The SMILES string of the molecule is Cc1ccc(C(Cl)(c2ccccc2)S(=O)(=O)C(Cl)(c2ccccc2)c2ccc(C)cc2)cc1. The van der Waals surface area contributed by atoms with Crippen molar-refractivity contribution in [2.75, 3.05) is 0 Å². The maximum atomic E-state index is 14.8. The topological polar surface area (TPSA) is 34.1 Å². The molecule has 0 aliphatic carbocycles. The number of hydrogen-bond acceptors (Lipinski definition) is 2. The Balaban J connectivity index is 2.08. The smallest absolute Gasteiger partial charge is 0.206 e. The van der Waals surface area contributed by atoms with E-state index in [1.54, 1.807) is 72.8 Å². The van der Waals surface area contributed by atoms with Crippen LogP contribution in [0.25, 0.3) is 0 Å². The van der Waals surface area contributed by atoms with E-state index in [1.165, 1.54) is 0 Å². The summed E-state index contributed by atoms with van der Waals surface area (Å²) >= 11 is 14.6. The molecule has 4 aromatic rings. The van der Waals surface area contributed by atoms with E-state index in [2.05, 4.69) is 0 Å². The molecule has 0 spiro atoms. The molecule has 4 rings (SSSR count). The number of hydrogen-bond donors (Lipinski definition) is 0. The Morgan fingerprint density at radius 3 is 1.06 bits per heavy atom. The van der Waals surface area contributed by atoms with Gasteiger partial charge in [0.05, 0.1) is 0 Å². The van der Waals surface area contributed by atoms with Crippen molar-refractivity contribution in [3.8, 4) is 0 Å². The highest BCUT2D eigenvalue weighted by atomic mass is 35.5. The first-order chi connectivity index (χ1) is 15.7. The minimum Gasteiger partial charge on any atom is -0.224 e. The molecule has 0 N–H and O–H groups in total. The van der Waals surface area contributed by atoms with Crippen molar-refractivity contribution in [2.45, 2.75) is 22.3 Å². The van der Waals surface area contributed by atoms with Crippen LogP contribution < -0.4 is 0 Å². The summed E-state index contributed by atoms with van der Waals surface area (Å²) in [6.07, 6.45) is 0. The van der Waals surface area contributed by atoms with E-state index in [-0.39, 0.29) is 0 Å². The van der Waals surface area contributed by atoms with Crippen LogP contribution in [0, 0.1) is 13.8 Å². The Labute approximate surface area is 205 Å². The molecule has 0 radical (unpaired) electrons. The summed E-state index contributed by atoms with van der Waals surface area (Å²) < 4.78 is 25.7. The fourth-order valence-corrected chi connectivity index (χ4v) is 7.48. The second-order valence-electron chi connectivity index (χ2n) is 8.16. The lowest BCUT2D eigenvalue weighted by molar-refractivity contribution is 0.569. The van der Waals surface area contributed by atoms with Crippen LogP contribution in [0.3, 0.4) is 0 Å². The van der Waals surface area contributed by atoms with Crippen LogP contribution in [-0.2, 0) is 18.2 Å². The molecule has 2 unspecified atom stereocenters. The molecule has 0 heterocycles.